The topological polar surface area (TPSA) is 61.5 Å². The van der Waals surface area contributed by atoms with Crippen molar-refractivity contribution in [1.82, 2.24) is 0 Å². The van der Waals surface area contributed by atoms with Gasteiger partial charge in [-0.05, 0) is 42.5 Å². The van der Waals surface area contributed by atoms with E-state index in [1.54, 1.807) is 42.5 Å². The molecule has 2 N–H and O–H groups in total. The highest BCUT2D eigenvalue weighted by Gasteiger charge is 2.06. The molecule has 0 aliphatic carbocycles. The minimum Gasteiger partial charge on any atom is -0.465 e. The van der Waals surface area contributed by atoms with Gasteiger partial charge in [0, 0.05) is 5.02 Å². The van der Waals surface area contributed by atoms with Gasteiger partial charge in [-0.3, -0.25) is 0 Å². The highest BCUT2D eigenvalue weighted by Crippen LogP contribution is 2.29. The smallest absolute Gasteiger partial charge is 0.337 e. The van der Waals surface area contributed by atoms with Crippen molar-refractivity contribution in [3.63, 3.8) is 0 Å². The second-order valence-electron chi connectivity index (χ2n) is 3.80. The third-order valence-corrected chi connectivity index (χ3v) is 2.71. The second kappa shape index (κ2) is 5.63. The Hall–Kier alpha value is -2.20. The Bertz CT molecular complexity index is 596. The maximum Gasteiger partial charge on any atom is 0.337 e. The van der Waals surface area contributed by atoms with Crippen LogP contribution in [0.5, 0.6) is 11.5 Å². The molecule has 0 heterocycles. The molecule has 0 aromatic heterocycles. The van der Waals surface area contributed by atoms with Crippen LogP contribution in [0.2, 0.25) is 5.02 Å². The fraction of sp³-hybridized carbons (Fsp3) is 0.0714. The van der Waals surface area contributed by atoms with Crippen LogP contribution in [-0.2, 0) is 4.74 Å². The molecule has 0 atom stereocenters. The van der Waals surface area contributed by atoms with Gasteiger partial charge in [-0.25, -0.2) is 4.79 Å². The van der Waals surface area contributed by atoms with Gasteiger partial charge in [0.2, 0.25) is 0 Å². The van der Waals surface area contributed by atoms with E-state index in [1.807, 2.05) is 0 Å². The summed E-state index contributed by atoms with van der Waals surface area (Å²) in [6.45, 7) is 0. The van der Waals surface area contributed by atoms with Crippen LogP contribution >= 0.6 is 11.6 Å². The minimum atomic E-state index is -0.391. The van der Waals surface area contributed by atoms with Crippen molar-refractivity contribution in [1.29, 1.82) is 0 Å². The highest BCUT2D eigenvalue weighted by molar-refractivity contribution is 6.30. The van der Waals surface area contributed by atoms with Crippen molar-refractivity contribution in [2.75, 3.05) is 12.8 Å². The predicted molar refractivity (Wildman–Crippen MR) is 73.7 cm³/mol. The van der Waals surface area contributed by atoms with E-state index in [2.05, 4.69) is 4.74 Å². The molecule has 5 heteroatoms. The molecule has 0 aliphatic heterocycles. The van der Waals surface area contributed by atoms with Crippen molar-refractivity contribution in [3.8, 4) is 11.5 Å². The summed E-state index contributed by atoms with van der Waals surface area (Å²) in [5.41, 5.74) is 6.69. The minimum absolute atomic E-state index is 0.391. The summed E-state index contributed by atoms with van der Waals surface area (Å²) in [4.78, 5) is 11.3. The summed E-state index contributed by atoms with van der Waals surface area (Å²) < 4.78 is 10.2. The van der Waals surface area contributed by atoms with Gasteiger partial charge in [-0.2, -0.15) is 0 Å². The van der Waals surface area contributed by atoms with Gasteiger partial charge in [-0.15, -0.1) is 0 Å². The van der Waals surface area contributed by atoms with Crippen LogP contribution in [0, 0.1) is 0 Å². The first kappa shape index (κ1) is 13.2. The van der Waals surface area contributed by atoms with E-state index in [4.69, 9.17) is 22.1 Å². The molecule has 2 rings (SSSR count). The molecule has 2 aromatic rings. The van der Waals surface area contributed by atoms with Gasteiger partial charge in [0.1, 0.15) is 11.5 Å². The Kier molecular flexibility index (Phi) is 3.92. The zero-order valence-corrected chi connectivity index (χ0v) is 11.0. The number of benzene rings is 2. The van der Waals surface area contributed by atoms with Crippen LogP contribution in [0.3, 0.4) is 0 Å². The van der Waals surface area contributed by atoms with Gasteiger partial charge >= 0.3 is 5.97 Å². The first-order valence-electron chi connectivity index (χ1n) is 5.51. The van der Waals surface area contributed by atoms with Crippen LogP contribution < -0.4 is 10.5 Å². The molecular weight excluding hydrogens is 266 g/mol. The molecular formula is C14H12ClNO3. The lowest BCUT2D eigenvalue weighted by Crippen LogP contribution is -2.00. The van der Waals surface area contributed by atoms with Crippen LogP contribution in [-0.4, -0.2) is 13.1 Å². The zero-order chi connectivity index (χ0) is 13.8. The number of ether oxygens (including phenoxy) is 2. The summed E-state index contributed by atoms with van der Waals surface area (Å²) in [6, 6.07) is 11.6. The molecule has 0 spiro atoms. The summed E-state index contributed by atoms with van der Waals surface area (Å²) in [5.74, 6) is 0.689. The van der Waals surface area contributed by atoms with Crippen molar-refractivity contribution in [2.45, 2.75) is 0 Å². The lowest BCUT2D eigenvalue weighted by Gasteiger charge is -2.09. The van der Waals surface area contributed by atoms with Crippen molar-refractivity contribution in [3.05, 3.63) is 53.1 Å². The maximum atomic E-state index is 11.3. The molecule has 0 fully saturated rings. The Morgan fingerprint density at radius 1 is 1.16 bits per heavy atom. The molecule has 0 saturated heterocycles. The number of halogens is 1. The molecule has 4 nitrogen and oxygen atoms in total. The SMILES string of the molecule is COC(=O)c1ccc(Oc2ccc(Cl)cc2N)cc1. The number of anilines is 1. The third kappa shape index (κ3) is 3.17. The van der Waals surface area contributed by atoms with E-state index >= 15 is 0 Å². The molecule has 0 radical (unpaired) electrons. The summed E-state index contributed by atoms with van der Waals surface area (Å²) in [6.07, 6.45) is 0. The van der Waals surface area contributed by atoms with Gasteiger partial charge in [-0.1, -0.05) is 11.6 Å². The molecule has 0 aliphatic rings. The quantitative estimate of drug-likeness (QED) is 0.689. The average molecular weight is 278 g/mol. The second-order valence-corrected chi connectivity index (χ2v) is 4.24. The number of hydrogen-bond acceptors (Lipinski definition) is 4. The number of nitrogens with two attached hydrogens (primary N) is 1. The highest BCUT2D eigenvalue weighted by atomic mass is 35.5. The Morgan fingerprint density at radius 2 is 1.84 bits per heavy atom. The summed E-state index contributed by atoms with van der Waals surface area (Å²) in [5, 5.41) is 0.547. The predicted octanol–water partition coefficient (Wildman–Crippen LogP) is 3.50. The number of carbonyl (C=O) groups excluding carboxylic acids is 1. The van der Waals surface area contributed by atoms with Crippen LogP contribution in [0.1, 0.15) is 10.4 Å². The molecule has 0 bridgehead atoms. The normalized spacial score (nSPS) is 10.0. The standard InChI is InChI=1S/C14H12ClNO3/c1-18-14(17)9-2-5-11(6-3-9)19-13-7-4-10(15)8-12(13)16/h2-8H,16H2,1H3. The number of esters is 1. The van der Waals surface area contributed by atoms with E-state index in [1.165, 1.54) is 7.11 Å². The van der Waals surface area contributed by atoms with Crippen LogP contribution in [0.15, 0.2) is 42.5 Å². The van der Waals surface area contributed by atoms with Crippen LogP contribution in [0.4, 0.5) is 5.69 Å². The van der Waals surface area contributed by atoms with E-state index in [9.17, 15) is 4.79 Å². The van der Waals surface area contributed by atoms with E-state index in [-0.39, 0.29) is 0 Å². The fourth-order valence-electron chi connectivity index (χ4n) is 1.52. The largest absolute Gasteiger partial charge is 0.465 e. The van der Waals surface area contributed by atoms with Crippen molar-refractivity contribution >= 4 is 23.3 Å². The van der Waals surface area contributed by atoms with Gasteiger partial charge < -0.3 is 15.2 Å². The number of methoxy groups -OCH3 is 1. The summed E-state index contributed by atoms with van der Waals surface area (Å²) in [7, 11) is 1.33. The third-order valence-electron chi connectivity index (χ3n) is 2.48. The zero-order valence-electron chi connectivity index (χ0n) is 10.2. The lowest BCUT2D eigenvalue weighted by atomic mass is 10.2. The van der Waals surface area contributed by atoms with Gasteiger partial charge in [0.05, 0.1) is 18.4 Å². The first-order valence-corrected chi connectivity index (χ1v) is 5.89. The Balaban J connectivity index is 2.17. The molecule has 2 aromatic carbocycles. The summed E-state index contributed by atoms with van der Waals surface area (Å²) >= 11 is 5.80. The molecule has 19 heavy (non-hydrogen) atoms. The molecule has 98 valence electrons. The van der Waals surface area contributed by atoms with Crippen LogP contribution in [0.25, 0.3) is 0 Å². The molecule has 0 amide bonds. The first-order chi connectivity index (χ1) is 9.10. The van der Waals surface area contributed by atoms with Crippen molar-refractivity contribution in [2.24, 2.45) is 0 Å². The van der Waals surface area contributed by atoms with E-state index in [0.29, 0.717) is 27.8 Å². The number of nitrogen functional groups attached to an aromatic ring is 1. The van der Waals surface area contributed by atoms with Crippen molar-refractivity contribution < 1.29 is 14.3 Å². The molecule has 0 saturated carbocycles. The lowest BCUT2D eigenvalue weighted by molar-refractivity contribution is 0.0600. The van der Waals surface area contributed by atoms with Gasteiger partial charge in [0.15, 0.2) is 0 Å². The number of carbonyl (C=O) groups is 1. The maximum absolute atomic E-state index is 11.3. The monoisotopic (exact) mass is 277 g/mol. The fourth-order valence-corrected chi connectivity index (χ4v) is 1.70. The number of rotatable bonds is 3. The average Bonchev–Trinajstić information content (AvgIpc) is 2.42. The Morgan fingerprint density at radius 3 is 2.42 bits per heavy atom. The van der Waals surface area contributed by atoms with E-state index in [0.717, 1.165) is 0 Å². The molecule has 0 unspecified atom stereocenters. The van der Waals surface area contributed by atoms with Gasteiger partial charge in [0.25, 0.3) is 0 Å². The Labute approximate surface area is 115 Å². The van der Waals surface area contributed by atoms with E-state index < -0.39 is 5.97 Å². The number of hydrogen-bond donors (Lipinski definition) is 1.